The van der Waals surface area contributed by atoms with Crippen LogP contribution >= 0.6 is 34.3 Å². The summed E-state index contributed by atoms with van der Waals surface area (Å²) in [4.78, 5) is 20.6. The molecule has 2 aromatic heterocycles. The van der Waals surface area contributed by atoms with Crippen LogP contribution in [-0.2, 0) is 17.8 Å². The monoisotopic (exact) mass is 428 g/mol. The fraction of sp³-hybridized carbons (Fsp3) is 0.143. The molecule has 0 unspecified atom stereocenters. The summed E-state index contributed by atoms with van der Waals surface area (Å²) < 4.78 is 6.24. The van der Waals surface area contributed by atoms with Crippen molar-refractivity contribution >= 4 is 55.5 Å². The number of thiophene rings is 1. The summed E-state index contributed by atoms with van der Waals surface area (Å²) in [7, 11) is 1.60. The highest BCUT2D eigenvalue weighted by Gasteiger charge is 2.22. The summed E-state index contributed by atoms with van der Waals surface area (Å²) in [5.74, 6) is 0.646. The van der Waals surface area contributed by atoms with Crippen LogP contribution in [0.1, 0.15) is 10.4 Å². The van der Waals surface area contributed by atoms with Crippen molar-refractivity contribution in [1.29, 1.82) is 0 Å². The SMILES string of the molecule is COc1ccc(Cl)c2sc(N(Cc3ccccc3)C(=O)Cc3cccs3)nc12. The molecule has 0 spiro atoms. The normalized spacial score (nSPS) is 10.9. The van der Waals surface area contributed by atoms with Gasteiger partial charge in [0.15, 0.2) is 5.13 Å². The number of benzene rings is 2. The molecule has 0 N–H and O–H groups in total. The topological polar surface area (TPSA) is 42.4 Å². The molecule has 0 atom stereocenters. The quantitative estimate of drug-likeness (QED) is 0.390. The molecule has 4 rings (SSSR count). The predicted octanol–water partition coefficient (Wildman–Crippen LogP) is 5.80. The molecule has 28 heavy (non-hydrogen) atoms. The summed E-state index contributed by atoms with van der Waals surface area (Å²) >= 11 is 9.36. The lowest BCUT2D eigenvalue weighted by atomic mass is 10.2. The van der Waals surface area contributed by atoms with Crippen molar-refractivity contribution in [2.45, 2.75) is 13.0 Å². The first-order valence-corrected chi connectivity index (χ1v) is 10.7. The molecule has 0 aliphatic carbocycles. The fourth-order valence-corrected chi connectivity index (χ4v) is 4.88. The van der Waals surface area contributed by atoms with E-state index < -0.39 is 0 Å². The summed E-state index contributed by atoms with van der Waals surface area (Å²) in [5.41, 5.74) is 1.72. The van der Waals surface area contributed by atoms with Crippen LogP contribution in [-0.4, -0.2) is 18.0 Å². The Morgan fingerprint density at radius 1 is 1.14 bits per heavy atom. The highest BCUT2D eigenvalue weighted by molar-refractivity contribution is 7.23. The Kier molecular flexibility index (Phi) is 5.62. The van der Waals surface area contributed by atoms with E-state index in [0.717, 1.165) is 15.1 Å². The summed E-state index contributed by atoms with van der Waals surface area (Å²) in [6, 6.07) is 17.4. The van der Waals surface area contributed by atoms with Crippen molar-refractivity contribution in [3.63, 3.8) is 0 Å². The number of nitrogens with zero attached hydrogens (tertiary/aromatic N) is 2. The smallest absolute Gasteiger partial charge is 0.234 e. The van der Waals surface area contributed by atoms with Crippen molar-refractivity contribution < 1.29 is 9.53 Å². The van der Waals surface area contributed by atoms with Gasteiger partial charge in [0.2, 0.25) is 5.91 Å². The lowest BCUT2D eigenvalue weighted by Gasteiger charge is -2.19. The zero-order chi connectivity index (χ0) is 19.5. The molecule has 4 aromatic rings. The standard InChI is InChI=1S/C21H17ClN2O2S2/c1-26-17-10-9-16(22)20-19(17)23-21(28-20)24(13-14-6-3-2-4-7-14)18(25)12-15-8-5-11-27-15/h2-11H,12-13H2,1H3. The van der Waals surface area contributed by atoms with Gasteiger partial charge in [0, 0.05) is 4.88 Å². The summed E-state index contributed by atoms with van der Waals surface area (Å²) in [6.07, 6.45) is 0.339. The molecule has 142 valence electrons. The van der Waals surface area contributed by atoms with Gasteiger partial charge in [-0.2, -0.15) is 0 Å². The van der Waals surface area contributed by atoms with Gasteiger partial charge in [0.25, 0.3) is 0 Å². The number of carbonyl (C=O) groups is 1. The van der Waals surface area contributed by atoms with E-state index in [1.165, 1.54) is 11.3 Å². The van der Waals surface area contributed by atoms with E-state index in [4.69, 9.17) is 21.3 Å². The van der Waals surface area contributed by atoms with E-state index in [9.17, 15) is 4.79 Å². The Morgan fingerprint density at radius 2 is 1.96 bits per heavy atom. The van der Waals surface area contributed by atoms with E-state index in [-0.39, 0.29) is 5.91 Å². The number of methoxy groups -OCH3 is 1. The number of hydrogen-bond acceptors (Lipinski definition) is 5. The molecule has 2 aromatic carbocycles. The maximum absolute atomic E-state index is 13.2. The summed E-state index contributed by atoms with van der Waals surface area (Å²) in [5, 5.41) is 3.20. The number of hydrogen-bond donors (Lipinski definition) is 0. The number of thiazole rings is 1. The largest absolute Gasteiger partial charge is 0.494 e. The minimum absolute atomic E-state index is 0.000415. The van der Waals surface area contributed by atoms with Crippen molar-refractivity contribution in [3.05, 3.63) is 75.4 Å². The Balaban J connectivity index is 1.75. The van der Waals surface area contributed by atoms with Gasteiger partial charge in [-0.15, -0.1) is 11.3 Å². The Morgan fingerprint density at radius 3 is 2.68 bits per heavy atom. The molecule has 0 saturated heterocycles. The molecule has 0 fully saturated rings. The lowest BCUT2D eigenvalue weighted by molar-refractivity contribution is -0.118. The third-order valence-electron chi connectivity index (χ3n) is 4.29. The van der Waals surface area contributed by atoms with E-state index in [0.29, 0.717) is 34.4 Å². The first kappa shape index (κ1) is 18.9. The van der Waals surface area contributed by atoms with E-state index in [2.05, 4.69) is 0 Å². The fourth-order valence-electron chi connectivity index (χ4n) is 2.91. The van der Waals surface area contributed by atoms with Gasteiger partial charge in [-0.1, -0.05) is 59.3 Å². The van der Waals surface area contributed by atoms with E-state index in [1.54, 1.807) is 35.5 Å². The highest BCUT2D eigenvalue weighted by atomic mass is 35.5. The van der Waals surface area contributed by atoms with Crippen LogP contribution in [0.3, 0.4) is 0 Å². The highest BCUT2D eigenvalue weighted by Crippen LogP contribution is 2.39. The van der Waals surface area contributed by atoms with Crippen LogP contribution < -0.4 is 9.64 Å². The first-order chi connectivity index (χ1) is 13.7. The molecular weight excluding hydrogens is 412 g/mol. The molecule has 2 heterocycles. The number of anilines is 1. The molecule has 0 radical (unpaired) electrons. The zero-order valence-electron chi connectivity index (χ0n) is 15.1. The summed E-state index contributed by atoms with van der Waals surface area (Å²) in [6.45, 7) is 0.449. The second kappa shape index (κ2) is 8.31. The number of fused-ring (bicyclic) bond motifs is 1. The van der Waals surface area contributed by atoms with Crippen molar-refractivity contribution in [2.24, 2.45) is 0 Å². The van der Waals surface area contributed by atoms with Gasteiger partial charge in [0.1, 0.15) is 11.3 Å². The maximum Gasteiger partial charge on any atom is 0.234 e. The third kappa shape index (κ3) is 3.90. The molecule has 7 heteroatoms. The molecule has 0 bridgehead atoms. The van der Waals surface area contributed by atoms with Crippen molar-refractivity contribution in [1.82, 2.24) is 4.98 Å². The van der Waals surface area contributed by atoms with Crippen molar-refractivity contribution in [2.75, 3.05) is 12.0 Å². The number of halogens is 1. The minimum Gasteiger partial charge on any atom is -0.494 e. The molecule has 4 nitrogen and oxygen atoms in total. The average molecular weight is 429 g/mol. The first-order valence-electron chi connectivity index (χ1n) is 8.65. The molecule has 0 aliphatic rings. The van der Waals surface area contributed by atoms with Gasteiger partial charge in [-0.3, -0.25) is 9.69 Å². The molecule has 0 saturated carbocycles. The van der Waals surface area contributed by atoms with Crippen LogP contribution in [0, 0.1) is 0 Å². The number of rotatable bonds is 6. The predicted molar refractivity (Wildman–Crippen MR) is 117 cm³/mol. The van der Waals surface area contributed by atoms with Crippen LogP contribution in [0.5, 0.6) is 5.75 Å². The van der Waals surface area contributed by atoms with Crippen LogP contribution in [0.2, 0.25) is 5.02 Å². The van der Waals surface area contributed by atoms with Crippen LogP contribution in [0.15, 0.2) is 60.0 Å². The lowest BCUT2D eigenvalue weighted by Crippen LogP contribution is -2.31. The Labute approximate surface area is 176 Å². The Hall–Kier alpha value is -2.41. The molecule has 0 aliphatic heterocycles. The van der Waals surface area contributed by atoms with Gasteiger partial charge >= 0.3 is 0 Å². The molecule has 1 amide bonds. The van der Waals surface area contributed by atoms with E-state index in [1.807, 2.05) is 47.8 Å². The number of amides is 1. The maximum atomic E-state index is 13.2. The van der Waals surface area contributed by atoms with Gasteiger partial charge in [-0.25, -0.2) is 4.98 Å². The zero-order valence-corrected chi connectivity index (χ0v) is 17.5. The number of carbonyl (C=O) groups excluding carboxylic acids is 1. The number of aromatic nitrogens is 1. The Bertz CT molecular complexity index is 1090. The third-order valence-corrected chi connectivity index (χ3v) is 6.70. The number of ether oxygens (including phenoxy) is 1. The average Bonchev–Trinajstić information content (AvgIpc) is 3.37. The van der Waals surface area contributed by atoms with E-state index >= 15 is 0 Å². The second-order valence-electron chi connectivity index (χ2n) is 6.15. The second-order valence-corrected chi connectivity index (χ2v) is 8.56. The van der Waals surface area contributed by atoms with Gasteiger partial charge in [0.05, 0.1) is 29.8 Å². The van der Waals surface area contributed by atoms with Gasteiger partial charge in [-0.05, 0) is 29.1 Å². The van der Waals surface area contributed by atoms with Crippen LogP contribution in [0.25, 0.3) is 10.2 Å². The van der Waals surface area contributed by atoms with Gasteiger partial charge < -0.3 is 4.74 Å². The van der Waals surface area contributed by atoms with Crippen LogP contribution in [0.4, 0.5) is 5.13 Å². The molecular formula is C21H17ClN2O2S2. The van der Waals surface area contributed by atoms with Crippen molar-refractivity contribution in [3.8, 4) is 5.75 Å². The minimum atomic E-state index is 0.000415.